The van der Waals surface area contributed by atoms with Crippen molar-refractivity contribution in [3.63, 3.8) is 0 Å². The van der Waals surface area contributed by atoms with Crippen molar-refractivity contribution in [1.29, 1.82) is 5.26 Å². The summed E-state index contributed by atoms with van der Waals surface area (Å²) in [6.45, 7) is 1.86. The fraction of sp³-hybridized carbons (Fsp3) is 0.0385. The van der Waals surface area contributed by atoms with Crippen molar-refractivity contribution in [2.24, 2.45) is 0 Å². The molecule has 162 valence electrons. The van der Waals surface area contributed by atoms with E-state index in [4.69, 9.17) is 11.6 Å². The fourth-order valence-corrected chi connectivity index (χ4v) is 4.57. The second-order valence-corrected chi connectivity index (χ2v) is 8.61. The number of rotatable bonds is 4. The van der Waals surface area contributed by atoms with Gasteiger partial charge in [0.05, 0.1) is 10.2 Å². The number of anilines is 1. The first-order valence-electron chi connectivity index (χ1n) is 10.0. The molecule has 0 aliphatic carbocycles. The Balaban J connectivity index is 1.98. The molecule has 0 unspecified atom stereocenters. The Morgan fingerprint density at radius 2 is 1.70 bits per heavy atom. The number of aryl methyl sites for hydroxylation is 1. The standard InChI is InChI=1S/C26H18ClN3O2S/c1-17-9-5-8-14-22(17)29-24(31)20(16-28)26-30(19-11-3-2-4-12-19)25(32)23(33-26)15-18-10-6-7-13-21(18)27/h2-15H,1H3,(H,29,31)/b23-15+,26-20+. The van der Waals surface area contributed by atoms with Crippen molar-refractivity contribution in [1.82, 2.24) is 4.57 Å². The van der Waals surface area contributed by atoms with Gasteiger partial charge >= 0.3 is 0 Å². The Bertz CT molecular complexity index is 1560. The summed E-state index contributed by atoms with van der Waals surface area (Å²) in [5, 5.41) is 13.2. The molecule has 0 atom stereocenters. The highest BCUT2D eigenvalue weighted by Crippen LogP contribution is 2.16. The van der Waals surface area contributed by atoms with E-state index in [2.05, 4.69) is 5.32 Å². The van der Waals surface area contributed by atoms with Gasteiger partial charge in [-0.3, -0.25) is 14.2 Å². The first-order valence-corrected chi connectivity index (χ1v) is 11.2. The van der Waals surface area contributed by atoms with Crippen LogP contribution in [0.5, 0.6) is 0 Å². The molecular weight excluding hydrogens is 454 g/mol. The van der Waals surface area contributed by atoms with Crippen LogP contribution in [-0.2, 0) is 4.79 Å². The van der Waals surface area contributed by atoms with E-state index in [9.17, 15) is 14.9 Å². The normalized spacial score (nSPS) is 12.2. The zero-order valence-electron chi connectivity index (χ0n) is 17.6. The second kappa shape index (κ2) is 9.70. The molecule has 0 radical (unpaired) electrons. The lowest BCUT2D eigenvalue weighted by atomic mass is 10.2. The third-order valence-corrected chi connectivity index (χ3v) is 6.41. The summed E-state index contributed by atoms with van der Waals surface area (Å²) < 4.78 is 2.00. The molecule has 0 aliphatic rings. The number of hydrogen-bond donors (Lipinski definition) is 1. The highest BCUT2D eigenvalue weighted by molar-refractivity contribution is 7.07. The summed E-state index contributed by atoms with van der Waals surface area (Å²) in [6.07, 6.45) is 1.67. The van der Waals surface area contributed by atoms with Crippen LogP contribution in [0.4, 0.5) is 5.69 Å². The van der Waals surface area contributed by atoms with E-state index in [1.165, 1.54) is 4.57 Å². The van der Waals surface area contributed by atoms with Crippen molar-refractivity contribution < 1.29 is 4.79 Å². The monoisotopic (exact) mass is 471 g/mol. The maximum Gasteiger partial charge on any atom is 0.273 e. The van der Waals surface area contributed by atoms with Crippen LogP contribution in [-0.4, -0.2) is 10.5 Å². The summed E-state index contributed by atoms with van der Waals surface area (Å²) in [5.74, 6) is -0.581. The maximum atomic E-state index is 13.4. The van der Waals surface area contributed by atoms with Gasteiger partial charge in [-0.25, -0.2) is 0 Å². The van der Waals surface area contributed by atoms with Crippen LogP contribution in [0.15, 0.2) is 83.7 Å². The summed E-state index contributed by atoms with van der Waals surface area (Å²) in [5.41, 5.74) is 2.21. The first-order chi connectivity index (χ1) is 16.0. The number of benzene rings is 3. The molecule has 1 heterocycles. The Morgan fingerprint density at radius 1 is 1.03 bits per heavy atom. The number of thiazole rings is 1. The molecule has 1 N–H and O–H groups in total. The van der Waals surface area contributed by atoms with Gasteiger partial charge in [-0.2, -0.15) is 5.26 Å². The van der Waals surface area contributed by atoms with Gasteiger partial charge in [-0.1, -0.05) is 66.2 Å². The van der Waals surface area contributed by atoms with Crippen LogP contribution in [0, 0.1) is 18.3 Å². The van der Waals surface area contributed by atoms with Crippen molar-refractivity contribution in [3.8, 4) is 11.8 Å². The summed E-state index contributed by atoms with van der Waals surface area (Å²) in [4.78, 5) is 26.5. The molecule has 0 spiro atoms. The lowest BCUT2D eigenvalue weighted by Crippen LogP contribution is -2.32. The van der Waals surface area contributed by atoms with E-state index < -0.39 is 5.91 Å². The molecule has 33 heavy (non-hydrogen) atoms. The van der Waals surface area contributed by atoms with Gasteiger partial charge in [0.2, 0.25) is 0 Å². The van der Waals surface area contributed by atoms with Crippen molar-refractivity contribution in [3.05, 3.63) is 115 Å². The smallest absolute Gasteiger partial charge is 0.273 e. The molecule has 5 nitrogen and oxygen atoms in total. The maximum absolute atomic E-state index is 13.4. The minimum Gasteiger partial charge on any atom is -0.321 e. The summed E-state index contributed by atoms with van der Waals surface area (Å²) >= 11 is 7.35. The van der Waals surface area contributed by atoms with Crippen LogP contribution in [0.3, 0.4) is 0 Å². The molecule has 0 fully saturated rings. The van der Waals surface area contributed by atoms with Gasteiger partial charge in [0.15, 0.2) is 5.57 Å². The molecule has 0 saturated carbocycles. The lowest BCUT2D eigenvalue weighted by Gasteiger charge is -2.08. The second-order valence-electron chi connectivity index (χ2n) is 7.17. The zero-order chi connectivity index (χ0) is 23.4. The Morgan fingerprint density at radius 3 is 2.39 bits per heavy atom. The number of para-hydroxylation sites is 2. The number of hydrogen-bond acceptors (Lipinski definition) is 4. The van der Waals surface area contributed by atoms with Crippen LogP contribution in [0.1, 0.15) is 11.1 Å². The van der Waals surface area contributed by atoms with Crippen LogP contribution >= 0.6 is 22.9 Å². The number of aromatic nitrogens is 1. The number of amides is 1. The van der Waals surface area contributed by atoms with E-state index in [1.807, 2.05) is 37.3 Å². The molecule has 4 rings (SSSR count). The largest absolute Gasteiger partial charge is 0.321 e. The minimum atomic E-state index is -0.581. The number of nitrogens with zero attached hydrogens (tertiary/aromatic N) is 2. The lowest BCUT2D eigenvalue weighted by molar-refractivity contribution is -0.111. The Kier molecular flexibility index (Phi) is 6.55. The fourth-order valence-electron chi connectivity index (χ4n) is 3.29. The van der Waals surface area contributed by atoms with Crippen LogP contribution in [0.25, 0.3) is 17.3 Å². The Labute approximate surface area is 199 Å². The predicted octanol–water partition coefficient (Wildman–Crippen LogP) is 4.00. The minimum absolute atomic E-state index is 0.150. The van der Waals surface area contributed by atoms with Crippen molar-refractivity contribution >= 4 is 46.2 Å². The molecule has 7 heteroatoms. The third-order valence-electron chi connectivity index (χ3n) is 4.98. The van der Waals surface area contributed by atoms with E-state index >= 15 is 0 Å². The van der Waals surface area contributed by atoms with Crippen LogP contribution in [0.2, 0.25) is 5.02 Å². The Hall–Kier alpha value is -3.92. The molecule has 0 saturated heterocycles. The van der Waals surface area contributed by atoms with Crippen molar-refractivity contribution in [2.45, 2.75) is 6.92 Å². The van der Waals surface area contributed by atoms with Gasteiger partial charge in [-0.05, 0) is 48.4 Å². The van der Waals surface area contributed by atoms with Gasteiger partial charge in [0.25, 0.3) is 11.5 Å². The van der Waals surface area contributed by atoms with Gasteiger partial charge in [0, 0.05) is 10.7 Å². The highest BCUT2D eigenvalue weighted by atomic mass is 35.5. The van der Waals surface area contributed by atoms with E-state index in [-0.39, 0.29) is 15.8 Å². The average molecular weight is 472 g/mol. The molecule has 3 aromatic carbocycles. The number of nitriles is 1. The molecule has 4 aromatic rings. The molecule has 1 aromatic heterocycles. The molecular formula is C26H18ClN3O2S. The SMILES string of the molecule is Cc1ccccc1NC(=O)/C(C#N)=c1/s/c(=C/c2ccccc2Cl)c(=O)n1-c1ccccc1. The number of carbonyl (C=O) groups excluding carboxylic acids is 1. The number of carbonyl (C=O) groups is 1. The number of halogens is 1. The topological polar surface area (TPSA) is 74.9 Å². The van der Waals surface area contributed by atoms with E-state index in [0.717, 1.165) is 16.9 Å². The third kappa shape index (κ3) is 4.65. The predicted molar refractivity (Wildman–Crippen MR) is 133 cm³/mol. The van der Waals surface area contributed by atoms with Crippen LogP contribution < -0.4 is 20.1 Å². The number of nitrogens with one attached hydrogen (secondary N) is 1. The summed E-state index contributed by atoms with van der Waals surface area (Å²) in [6, 6.07) is 25.4. The first kappa shape index (κ1) is 22.3. The van der Waals surface area contributed by atoms with E-state index in [0.29, 0.717) is 26.5 Å². The zero-order valence-corrected chi connectivity index (χ0v) is 19.2. The highest BCUT2D eigenvalue weighted by Gasteiger charge is 2.17. The molecule has 0 aliphatic heterocycles. The van der Waals surface area contributed by atoms with E-state index in [1.54, 1.807) is 60.7 Å². The van der Waals surface area contributed by atoms with Gasteiger partial charge in [-0.15, -0.1) is 11.3 Å². The summed E-state index contributed by atoms with van der Waals surface area (Å²) in [7, 11) is 0. The van der Waals surface area contributed by atoms with Gasteiger partial charge < -0.3 is 5.32 Å². The van der Waals surface area contributed by atoms with Gasteiger partial charge in [0.1, 0.15) is 10.7 Å². The molecule has 0 bridgehead atoms. The quantitative estimate of drug-likeness (QED) is 0.488. The van der Waals surface area contributed by atoms with Crippen molar-refractivity contribution in [2.75, 3.05) is 5.32 Å². The average Bonchev–Trinajstić information content (AvgIpc) is 3.13. The molecule has 1 amide bonds.